The van der Waals surface area contributed by atoms with Gasteiger partial charge < -0.3 is 18.9 Å². The van der Waals surface area contributed by atoms with Gasteiger partial charge in [-0.05, 0) is 70.6 Å². The summed E-state index contributed by atoms with van der Waals surface area (Å²) >= 11 is 0. The Morgan fingerprint density at radius 2 is 0.859 bits per heavy atom. The van der Waals surface area contributed by atoms with Crippen LogP contribution in [0.2, 0.25) is 0 Å². The van der Waals surface area contributed by atoms with Crippen LogP contribution in [0.5, 0.6) is 0 Å². The number of quaternary nitrogens is 1. The number of hydrogen-bond acceptors (Lipinski definition) is 6. The number of phosphoric acid groups is 1. The number of ether oxygens (including phenoxy) is 2. The second-order valence-corrected chi connectivity index (χ2v) is 21.1. The summed E-state index contributed by atoms with van der Waals surface area (Å²) in [7, 11) is 1.67. The predicted octanol–water partition coefficient (Wildman–Crippen LogP) is 16.9. The minimum atomic E-state index is -4.28. The van der Waals surface area contributed by atoms with Crippen LogP contribution < -0.4 is 0 Å². The Bertz CT molecular complexity index is 1120. The van der Waals surface area contributed by atoms with Crippen LogP contribution in [0, 0.1) is 0 Å². The first-order chi connectivity index (χ1) is 31.1. The van der Waals surface area contributed by atoms with E-state index >= 15 is 0 Å². The lowest BCUT2D eigenvalue weighted by Crippen LogP contribution is -2.37. The van der Waals surface area contributed by atoms with Gasteiger partial charge in [-0.15, -0.1) is 0 Å². The number of rotatable bonds is 51. The summed E-state index contributed by atoms with van der Waals surface area (Å²) in [4.78, 5) is 23.0. The summed E-state index contributed by atoms with van der Waals surface area (Å²) in [5.74, 6) is -0.324. The zero-order chi connectivity index (χ0) is 46.9. The van der Waals surface area contributed by atoms with Crippen molar-refractivity contribution in [2.45, 2.75) is 258 Å². The number of nitrogens with zero attached hydrogens (tertiary/aromatic N) is 1. The van der Waals surface area contributed by atoms with E-state index in [2.05, 4.69) is 50.3 Å². The van der Waals surface area contributed by atoms with Crippen molar-refractivity contribution in [2.75, 3.05) is 54.1 Å². The van der Waals surface area contributed by atoms with E-state index in [0.717, 1.165) is 57.8 Å². The Morgan fingerprint density at radius 3 is 1.30 bits per heavy atom. The summed E-state index contributed by atoms with van der Waals surface area (Å²) in [6.07, 6.45) is 59.2. The van der Waals surface area contributed by atoms with E-state index in [0.29, 0.717) is 24.1 Å². The van der Waals surface area contributed by atoms with Gasteiger partial charge in [0.05, 0.1) is 34.4 Å². The number of hydrogen-bond donors (Lipinski definition) is 1. The average Bonchev–Trinajstić information content (AvgIpc) is 3.25. The molecule has 1 N–H and O–H groups in total. The molecule has 0 radical (unpaired) electrons. The first-order valence-corrected chi connectivity index (χ1v) is 28.7. The Morgan fingerprint density at radius 1 is 0.484 bits per heavy atom. The Kier molecular flexibility index (Phi) is 47.2. The Labute approximate surface area is 397 Å². The molecule has 0 aliphatic carbocycles. The highest BCUT2D eigenvalue weighted by Crippen LogP contribution is 2.43. The standard InChI is InChI=1S/C55H106NO7P/c1-6-8-10-12-14-16-18-20-22-24-25-26-27-28-29-30-31-32-33-35-37-39-41-43-45-47-50-60-52-54(53-62-64(58,59)61-51-49-56(3,4)5)63-55(57)48-46-44-42-40-38-36-34-23-21-19-17-15-13-11-9-7-2/h17,19,23-25,34,54H,6-16,18,20-22,26-33,35-53H2,1-5H3/p+1/b19-17-,25-24-,34-23-. The molecule has 0 aromatic carbocycles. The molecule has 0 saturated carbocycles. The minimum Gasteiger partial charge on any atom is -0.457 e. The lowest BCUT2D eigenvalue weighted by Gasteiger charge is -2.24. The van der Waals surface area contributed by atoms with Crippen molar-refractivity contribution in [2.24, 2.45) is 0 Å². The number of carbonyl (C=O) groups is 1. The molecule has 0 aliphatic heterocycles. The summed E-state index contributed by atoms with van der Waals surface area (Å²) in [6.45, 7) is 5.62. The Balaban J connectivity index is 4.05. The lowest BCUT2D eigenvalue weighted by atomic mass is 10.0. The molecule has 64 heavy (non-hydrogen) atoms. The maximum Gasteiger partial charge on any atom is 0.472 e. The van der Waals surface area contributed by atoms with Crippen LogP contribution in [-0.4, -0.2) is 75.6 Å². The van der Waals surface area contributed by atoms with Crippen molar-refractivity contribution in [3.05, 3.63) is 36.5 Å². The van der Waals surface area contributed by atoms with Gasteiger partial charge in [0.2, 0.25) is 0 Å². The van der Waals surface area contributed by atoms with Crippen molar-refractivity contribution < 1.29 is 37.3 Å². The fourth-order valence-corrected chi connectivity index (χ4v) is 8.44. The fourth-order valence-electron chi connectivity index (χ4n) is 7.70. The second kappa shape index (κ2) is 48.2. The molecule has 0 amide bonds. The van der Waals surface area contributed by atoms with Crippen molar-refractivity contribution in [3.63, 3.8) is 0 Å². The molecular formula is C55H107NO7P+. The first kappa shape index (κ1) is 62.7. The number of phosphoric ester groups is 1. The van der Waals surface area contributed by atoms with Gasteiger partial charge in [-0.1, -0.05) is 211 Å². The predicted molar refractivity (Wildman–Crippen MR) is 275 cm³/mol. The van der Waals surface area contributed by atoms with Crippen molar-refractivity contribution in [1.82, 2.24) is 0 Å². The van der Waals surface area contributed by atoms with Crippen molar-refractivity contribution in [3.8, 4) is 0 Å². The third-order valence-corrected chi connectivity index (χ3v) is 12.9. The maximum atomic E-state index is 12.8. The van der Waals surface area contributed by atoms with Crippen LogP contribution in [-0.2, 0) is 27.9 Å². The summed E-state index contributed by atoms with van der Waals surface area (Å²) < 4.78 is 35.2. The molecule has 8 nitrogen and oxygen atoms in total. The van der Waals surface area contributed by atoms with E-state index in [-0.39, 0.29) is 25.8 Å². The molecule has 0 aliphatic rings. The highest BCUT2D eigenvalue weighted by atomic mass is 31.2. The van der Waals surface area contributed by atoms with Crippen molar-refractivity contribution >= 4 is 13.8 Å². The van der Waals surface area contributed by atoms with Gasteiger partial charge in [0.1, 0.15) is 19.3 Å². The van der Waals surface area contributed by atoms with Crippen LogP contribution in [0.3, 0.4) is 0 Å². The molecule has 0 aromatic rings. The second-order valence-electron chi connectivity index (χ2n) is 19.6. The fraction of sp³-hybridized carbons (Fsp3) is 0.873. The van der Waals surface area contributed by atoms with Crippen LogP contribution in [0.1, 0.15) is 251 Å². The zero-order valence-corrected chi connectivity index (χ0v) is 43.9. The highest BCUT2D eigenvalue weighted by molar-refractivity contribution is 7.47. The Hall–Kier alpha value is -1.28. The van der Waals surface area contributed by atoms with E-state index in [1.807, 2.05) is 21.1 Å². The molecule has 2 unspecified atom stereocenters. The molecule has 0 rings (SSSR count). The number of allylic oxidation sites excluding steroid dienone is 6. The first-order valence-electron chi connectivity index (χ1n) is 27.2. The molecule has 9 heteroatoms. The molecule has 378 valence electrons. The third-order valence-electron chi connectivity index (χ3n) is 11.9. The van der Waals surface area contributed by atoms with Gasteiger partial charge in [-0.3, -0.25) is 13.8 Å². The van der Waals surface area contributed by atoms with E-state index in [1.165, 1.54) is 173 Å². The average molecular weight is 925 g/mol. The lowest BCUT2D eigenvalue weighted by molar-refractivity contribution is -0.870. The number of likely N-dealkylation sites (N-methyl/N-ethyl adjacent to an activating group) is 1. The molecular weight excluding hydrogens is 818 g/mol. The third kappa shape index (κ3) is 51.7. The zero-order valence-electron chi connectivity index (χ0n) is 43.0. The largest absolute Gasteiger partial charge is 0.472 e. The van der Waals surface area contributed by atoms with E-state index in [9.17, 15) is 14.3 Å². The highest BCUT2D eigenvalue weighted by Gasteiger charge is 2.26. The van der Waals surface area contributed by atoms with E-state index < -0.39 is 13.9 Å². The molecule has 0 aromatic heterocycles. The minimum absolute atomic E-state index is 0.0865. The van der Waals surface area contributed by atoms with Gasteiger partial charge in [0, 0.05) is 13.0 Å². The number of carbonyl (C=O) groups excluding carboxylic acids is 1. The van der Waals surface area contributed by atoms with Gasteiger partial charge in [-0.2, -0.15) is 0 Å². The van der Waals surface area contributed by atoms with Gasteiger partial charge in [0.25, 0.3) is 0 Å². The topological polar surface area (TPSA) is 91.3 Å². The quantitative estimate of drug-likeness (QED) is 0.0214. The van der Waals surface area contributed by atoms with Crippen LogP contribution >= 0.6 is 7.82 Å². The molecule has 0 saturated heterocycles. The molecule has 0 heterocycles. The maximum absolute atomic E-state index is 12.8. The number of unbranched alkanes of at least 4 members (excludes halogenated alkanes) is 31. The van der Waals surface area contributed by atoms with Crippen LogP contribution in [0.15, 0.2) is 36.5 Å². The normalized spacial score (nSPS) is 13.8. The van der Waals surface area contributed by atoms with Crippen molar-refractivity contribution in [1.29, 1.82) is 0 Å². The summed E-state index contributed by atoms with van der Waals surface area (Å²) in [6, 6.07) is 0. The van der Waals surface area contributed by atoms with Gasteiger partial charge in [0.15, 0.2) is 0 Å². The summed E-state index contributed by atoms with van der Waals surface area (Å²) in [5, 5.41) is 0. The number of esters is 1. The van der Waals surface area contributed by atoms with E-state index in [1.54, 1.807) is 0 Å². The molecule has 0 bridgehead atoms. The van der Waals surface area contributed by atoms with Crippen LogP contribution in [0.25, 0.3) is 0 Å². The molecule has 2 atom stereocenters. The summed E-state index contributed by atoms with van der Waals surface area (Å²) in [5.41, 5.74) is 0. The van der Waals surface area contributed by atoms with Crippen LogP contribution in [0.4, 0.5) is 0 Å². The van der Waals surface area contributed by atoms with Gasteiger partial charge >= 0.3 is 13.8 Å². The SMILES string of the molecule is CCCCCC/C=C\C/C=C\CCCCCCCC(=O)OC(COCCCCCCCCCCCCCCCC/C=C\CCCCCCCCCC)COP(=O)(O)OCC[N+](C)(C)C. The van der Waals surface area contributed by atoms with Gasteiger partial charge in [-0.25, -0.2) is 4.57 Å². The smallest absolute Gasteiger partial charge is 0.457 e. The monoisotopic (exact) mass is 925 g/mol. The molecule has 0 spiro atoms. The molecule has 0 fully saturated rings. The van der Waals surface area contributed by atoms with E-state index in [4.69, 9.17) is 18.5 Å².